The van der Waals surface area contributed by atoms with Gasteiger partial charge in [-0.05, 0) is 31.9 Å². The minimum absolute atomic E-state index is 0.0211. The van der Waals surface area contributed by atoms with E-state index in [9.17, 15) is 9.59 Å². The zero-order chi connectivity index (χ0) is 14.7. The molecular formula is C14H15ClN2O3. The number of hydrogen-bond donors (Lipinski definition) is 0. The molecule has 0 unspecified atom stereocenters. The molecule has 0 aromatic carbocycles. The number of aromatic nitrogens is 2. The van der Waals surface area contributed by atoms with Crippen LogP contribution in [0.3, 0.4) is 0 Å². The number of nitrogens with zero attached hydrogens (tertiary/aromatic N) is 2. The number of ether oxygens (including phenoxy) is 1. The van der Waals surface area contributed by atoms with E-state index in [-0.39, 0.29) is 17.9 Å². The summed E-state index contributed by atoms with van der Waals surface area (Å²) < 4.78 is 6.39. The molecule has 1 aliphatic rings. The summed E-state index contributed by atoms with van der Waals surface area (Å²) in [7, 11) is 0. The van der Waals surface area contributed by atoms with E-state index in [2.05, 4.69) is 4.98 Å². The van der Waals surface area contributed by atoms with Crippen molar-refractivity contribution in [3.8, 4) is 0 Å². The molecule has 6 heteroatoms. The third-order valence-corrected chi connectivity index (χ3v) is 3.37. The van der Waals surface area contributed by atoms with Crippen LogP contribution in [0.4, 0.5) is 0 Å². The second kappa shape index (κ2) is 6.05. The quantitative estimate of drug-likeness (QED) is 0.786. The second-order valence-corrected chi connectivity index (χ2v) is 4.79. The van der Waals surface area contributed by atoms with Crippen LogP contribution in [-0.4, -0.2) is 22.1 Å². The fraction of sp³-hybridized carbons (Fsp3) is 0.357. The number of halogens is 1. The molecule has 20 heavy (non-hydrogen) atoms. The van der Waals surface area contributed by atoms with Gasteiger partial charge in [-0.1, -0.05) is 17.7 Å². The highest BCUT2D eigenvalue weighted by molar-refractivity contribution is 6.32. The van der Waals surface area contributed by atoms with E-state index < -0.39 is 5.97 Å². The van der Waals surface area contributed by atoms with Crippen LogP contribution in [0, 0.1) is 0 Å². The number of esters is 1. The molecule has 0 aliphatic carbocycles. The molecule has 2 heterocycles. The largest absolute Gasteiger partial charge is 0.461 e. The first kappa shape index (κ1) is 14.5. The summed E-state index contributed by atoms with van der Waals surface area (Å²) in [6.45, 7) is 4.25. The van der Waals surface area contributed by atoms with Crippen molar-refractivity contribution in [2.75, 3.05) is 6.61 Å². The van der Waals surface area contributed by atoms with Crippen LogP contribution in [0.1, 0.15) is 36.6 Å². The van der Waals surface area contributed by atoms with Crippen molar-refractivity contribution < 1.29 is 9.53 Å². The SMILES string of the molecule is CCOC(=O)c1cc(=O)n2c(n1)/C=C(C)\C(Cl)=C/CC2. The maximum Gasteiger partial charge on any atom is 0.357 e. The van der Waals surface area contributed by atoms with E-state index >= 15 is 0 Å². The molecule has 5 nitrogen and oxygen atoms in total. The standard InChI is InChI=1S/C14H15ClN2O3/c1-3-20-14(19)11-8-13(18)17-6-4-5-10(15)9(2)7-12(17)16-11/h5,7-8H,3-4,6H2,1-2H3/b9-7-,10-5+. The molecule has 0 saturated carbocycles. The van der Waals surface area contributed by atoms with Gasteiger partial charge in [-0.25, -0.2) is 9.78 Å². The Bertz CT molecular complexity index is 659. The average Bonchev–Trinajstić information content (AvgIpc) is 2.39. The fourth-order valence-electron chi connectivity index (χ4n) is 1.91. The lowest BCUT2D eigenvalue weighted by atomic mass is 10.2. The van der Waals surface area contributed by atoms with Crippen molar-refractivity contribution in [2.24, 2.45) is 0 Å². The molecule has 2 rings (SSSR count). The molecule has 1 aromatic heterocycles. The molecule has 0 radical (unpaired) electrons. The van der Waals surface area contributed by atoms with E-state index in [4.69, 9.17) is 16.3 Å². The van der Waals surface area contributed by atoms with Gasteiger partial charge in [-0.3, -0.25) is 9.36 Å². The van der Waals surface area contributed by atoms with Crippen molar-refractivity contribution in [1.82, 2.24) is 9.55 Å². The number of hydrogen-bond acceptors (Lipinski definition) is 4. The first-order chi connectivity index (χ1) is 9.52. The predicted octanol–water partition coefficient (Wildman–Crippen LogP) is 2.35. The molecule has 0 N–H and O–H groups in total. The maximum absolute atomic E-state index is 12.1. The molecule has 0 saturated heterocycles. The van der Waals surface area contributed by atoms with Crippen LogP contribution in [0.2, 0.25) is 0 Å². The molecule has 0 fully saturated rings. The van der Waals surface area contributed by atoms with Crippen LogP contribution in [0.5, 0.6) is 0 Å². The zero-order valence-corrected chi connectivity index (χ0v) is 12.1. The lowest BCUT2D eigenvalue weighted by Crippen LogP contribution is -2.26. The van der Waals surface area contributed by atoms with Gasteiger partial charge in [0.2, 0.25) is 0 Å². The Labute approximate surface area is 121 Å². The third-order valence-electron chi connectivity index (χ3n) is 2.92. The summed E-state index contributed by atoms with van der Waals surface area (Å²) in [5.41, 5.74) is 0.550. The van der Waals surface area contributed by atoms with E-state index in [1.165, 1.54) is 10.6 Å². The van der Waals surface area contributed by atoms with Crippen molar-refractivity contribution in [2.45, 2.75) is 26.8 Å². The number of allylic oxidation sites excluding steroid dienone is 3. The Balaban J connectivity index is 2.54. The van der Waals surface area contributed by atoms with E-state index in [0.29, 0.717) is 23.8 Å². The van der Waals surface area contributed by atoms with Crippen molar-refractivity contribution in [3.63, 3.8) is 0 Å². The highest BCUT2D eigenvalue weighted by Gasteiger charge is 2.15. The molecule has 0 amide bonds. The zero-order valence-electron chi connectivity index (χ0n) is 11.4. The number of rotatable bonds is 2. The summed E-state index contributed by atoms with van der Waals surface area (Å²) in [5.74, 6) is -0.174. The Morgan fingerprint density at radius 2 is 2.30 bits per heavy atom. The van der Waals surface area contributed by atoms with Gasteiger partial charge in [-0.2, -0.15) is 0 Å². The Hall–Kier alpha value is -1.88. The van der Waals surface area contributed by atoms with Crippen LogP contribution < -0.4 is 5.56 Å². The van der Waals surface area contributed by atoms with Crippen molar-refractivity contribution in [3.05, 3.63) is 44.6 Å². The van der Waals surface area contributed by atoms with Gasteiger partial charge in [0.25, 0.3) is 5.56 Å². The molecule has 0 spiro atoms. The molecule has 0 atom stereocenters. The van der Waals surface area contributed by atoms with E-state index in [1.54, 1.807) is 13.0 Å². The highest BCUT2D eigenvalue weighted by Crippen LogP contribution is 2.20. The van der Waals surface area contributed by atoms with Gasteiger partial charge in [0, 0.05) is 17.6 Å². The first-order valence-electron chi connectivity index (χ1n) is 6.36. The molecular weight excluding hydrogens is 280 g/mol. The van der Waals surface area contributed by atoms with Crippen LogP contribution >= 0.6 is 11.6 Å². The van der Waals surface area contributed by atoms with Gasteiger partial charge in [0.05, 0.1) is 6.61 Å². The molecule has 1 aromatic rings. The monoisotopic (exact) mass is 294 g/mol. The van der Waals surface area contributed by atoms with Gasteiger partial charge in [0.1, 0.15) is 5.82 Å². The second-order valence-electron chi connectivity index (χ2n) is 4.38. The van der Waals surface area contributed by atoms with Crippen LogP contribution in [0.15, 0.2) is 27.5 Å². The Kier molecular flexibility index (Phi) is 4.39. The van der Waals surface area contributed by atoms with Crippen molar-refractivity contribution >= 4 is 23.6 Å². The minimum Gasteiger partial charge on any atom is -0.461 e. The summed E-state index contributed by atoms with van der Waals surface area (Å²) in [6, 6.07) is 1.21. The third kappa shape index (κ3) is 2.99. The molecule has 106 valence electrons. The maximum atomic E-state index is 12.1. The Morgan fingerprint density at radius 1 is 1.55 bits per heavy atom. The van der Waals surface area contributed by atoms with Gasteiger partial charge in [-0.15, -0.1) is 0 Å². The Morgan fingerprint density at radius 3 is 3.00 bits per heavy atom. The van der Waals surface area contributed by atoms with E-state index in [1.807, 2.05) is 13.0 Å². The van der Waals surface area contributed by atoms with Gasteiger partial charge >= 0.3 is 5.97 Å². The smallest absolute Gasteiger partial charge is 0.357 e. The number of carbonyl (C=O) groups is 1. The lowest BCUT2D eigenvalue weighted by Gasteiger charge is -2.13. The average molecular weight is 295 g/mol. The number of fused-ring (bicyclic) bond motifs is 1. The number of carbonyl (C=O) groups excluding carboxylic acids is 1. The first-order valence-corrected chi connectivity index (χ1v) is 6.74. The topological polar surface area (TPSA) is 61.2 Å². The minimum atomic E-state index is -0.595. The summed E-state index contributed by atoms with van der Waals surface area (Å²) in [4.78, 5) is 28.0. The fourth-order valence-corrected chi connectivity index (χ4v) is 2.08. The summed E-state index contributed by atoms with van der Waals surface area (Å²) in [6.07, 6.45) is 4.20. The van der Waals surface area contributed by atoms with Crippen LogP contribution in [-0.2, 0) is 11.3 Å². The van der Waals surface area contributed by atoms with Gasteiger partial charge in [0.15, 0.2) is 5.69 Å². The lowest BCUT2D eigenvalue weighted by molar-refractivity contribution is 0.0518. The van der Waals surface area contributed by atoms with Crippen molar-refractivity contribution in [1.29, 1.82) is 0 Å². The normalized spacial score (nSPS) is 19.8. The summed E-state index contributed by atoms with van der Waals surface area (Å²) in [5, 5.41) is 0.632. The van der Waals surface area contributed by atoms with Crippen LogP contribution in [0.25, 0.3) is 6.08 Å². The molecule has 0 bridgehead atoms. The van der Waals surface area contributed by atoms with E-state index in [0.717, 1.165) is 5.57 Å². The van der Waals surface area contributed by atoms with Gasteiger partial charge < -0.3 is 4.74 Å². The molecule has 1 aliphatic heterocycles. The highest BCUT2D eigenvalue weighted by atomic mass is 35.5. The summed E-state index contributed by atoms with van der Waals surface area (Å²) >= 11 is 6.09. The predicted molar refractivity (Wildman–Crippen MR) is 76.7 cm³/mol.